The Balaban J connectivity index is 2.11. The number of hydrogen-bond acceptors (Lipinski definition) is 5. The van der Waals surface area contributed by atoms with Crippen molar-refractivity contribution in [2.24, 2.45) is 0 Å². The number of fused-ring (bicyclic) bond motifs is 1. The van der Waals surface area contributed by atoms with Crippen molar-refractivity contribution in [1.82, 2.24) is 19.7 Å². The van der Waals surface area contributed by atoms with E-state index in [9.17, 15) is 4.79 Å². The lowest BCUT2D eigenvalue weighted by Crippen LogP contribution is -2.31. The van der Waals surface area contributed by atoms with E-state index in [0.717, 1.165) is 43.1 Å². The number of nitrogens with zero attached hydrogens (tertiary/aromatic N) is 4. The number of likely N-dealkylation sites (N-methyl/N-ethyl adjacent to an activating group) is 1. The van der Waals surface area contributed by atoms with Crippen LogP contribution in [0, 0.1) is 0 Å². The maximum absolute atomic E-state index is 12.0. The van der Waals surface area contributed by atoms with Crippen LogP contribution >= 0.6 is 0 Å². The zero-order chi connectivity index (χ0) is 14.8. The first kappa shape index (κ1) is 13.8. The molecule has 0 saturated heterocycles. The molecule has 0 radical (unpaired) electrons. The third-order valence-corrected chi connectivity index (χ3v) is 3.83. The first-order chi connectivity index (χ1) is 10.2. The van der Waals surface area contributed by atoms with Gasteiger partial charge in [0.1, 0.15) is 0 Å². The standard InChI is InChI=1S/C15H18N4O2/c1-3-18-9-7-12-11(10-18)14(15(20)21-2)17-19(12)13-6-4-5-8-16-13/h4-6,8H,3,7,9-10H2,1-2H3. The summed E-state index contributed by atoms with van der Waals surface area (Å²) >= 11 is 0. The fourth-order valence-corrected chi connectivity index (χ4v) is 2.67. The first-order valence-corrected chi connectivity index (χ1v) is 7.07. The molecule has 2 aromatic rings. The van der Waals surface area contributed by atoms with Crippen molar-refractivity contribution in [2.75, 3.05) is 20.2 Å². The van der Waals surface area contributed by atoms with E-state index in [1.165, 1.54) is 7.11 Å². The quantitative estimate of drug-likeness (QED) is 0.799. The van der Waals surface area contributed by atoms with Gasteiger partial charge in [-0.1, -0.05) is 13.0 Å². The lowest BCUT2D eigenvalue weighted by atomic mass is 10.1. The Labute approximate surface area is 123 Å². The van der Waals surface area contributed by atoms with E-state index in [4.69, 9.17) is 4.74 Å². The molecule has 110 valence electrons. The van der Waals surface area contributed by atoms with Crippen LogP contribution in [0.4, 0.5) is 0 Å². The Morgan fingerprint density at radius 3 is 2.95 bits per heavy atom. The summed E-state index contributed by atoms with van der Waals surface area (Å²) in [6, 6.07) is 5.66. The average Bonchev–Trinajstić information content (AvgIpc) is 2.93. The van der Waals surface area contributed by atoms with Crippen LogP contribution in [-0.2, 0) is 17.7 Å². The molecule has 21 heavy (non-hydrogen) atoms. The van der Waals surface area contributed by atoms with Crippen molar-refractivity contribution in [3.63, 3.8) is 0 Å². The Morgan fingerprint density at radius 1 is 1.43 bits per heavy atom. The smallest absolute Gasteiger partial charge is 0.358 e. The fourth-order valence-electron chi connectivity index (χ4n) is 2.67. The van der Waals surface area contributed by atoms with Gasteiger partial charge in [-0.05, 0) is 18.7 Å². The Hall–Kier alpha value is -2.21. The largest absolute Gasteiger partial charge is 0.464 e. The molecular weight excluding hydrogens is 268 g/mol. The lowest BCUT2D eigenvalue weighted by Gasteiger charge is -2.25. The predicted octanol–water partition coefficient (Wildman–Crippen LogP) is 1.43. The van der Waals surface area contributed by atoms with Gasteiger partial charge in [0, 0.05) is 31.3 Å². The maximum atomic E-state index is 12.0. The summed E-state index contributed by atoms with van der Waals surface area (Å²) in [6.07, 6.45) is 2.58. The van der Waals surface area contributed by atoms with E-state index in [0.29, 0.717) is 5.69 Å². The number of esters is 1. The van der Waals surface area contributed by atoms with Crippen molar-refractivity contribution in [1.29, 1.82) is 0 Å². The molecule has 0 saturated carbocycles. The molecular formula is C15H18N4O2. The van der Waals surface area contributed by atoms with Crippen molar-refractivity contribution in [3.05, 3.63) is 41.3 Å². The highest BCUT2D eigenvalue weighted by Crippen LogP contribution is 2.25. The van der Waals surface area contributed by atoms with Crippen LogP contribution in [0.3, 0.4) is 0 Å². The van der Waals surface area contributed by atoms with Gasteiger partial charge in [-0.25, -0.2) is 14.5 Å². The summed E-state index contributed by atoms with van der Waals surface area (Å²) in [5, 5.41) is 4.45. The minimum Gasteiger partial charge on any atom is -0.464 e. The lowest BCUT2D eigenvalue weighted by molar-refractivity contribution is 0.0591. The number of carbonyl (C=O) groups is 1. The fraction of sp³-hybridized carbons (Fsp3) is 0.400. The molecule has 0 amide bonds. The predicted molar refractivity (Wildman–Crippen MR) is 77.4 cm³/mol. The van der Waals surface area contributed by atoms with Crippen LogP contribution < -0.4 is 0 Å². The first-order valence-electron chi connectivity index (χ1n) is 7.07. The minimum atomic E-state index is -0.390. The average molecular weight is 286 g/mol. The number of aromatic nitrogens is 3. The molecule has 3 heterocycles. The molecule has 0 aromatic carbocycles. The van der Waals surface area contributed by atoms with Gasteiger partial charge in [0.25, 0.3) is 0 Å². The Kier molecular flexibility index (Phi) is 3.70. The highest BCUT2D eigenvalue weighted by atomic mass is 16.5. The number of carbonyl (C=O) groups excluding carboxylic acids is 1. The van der Waals surface area contributed by atoms with E-state index in [1.807, 2.05) is 18.2 Å². The zero-order valence-electron chi connectivity index (χ0n) is 12.2. The van der Waals surface area contributed by atoms with Gasteiger partial charge in [0.05, 0.1) is 12.8 Å². The van der Waals surface area contributed by atoms with Gasteiger partial charge < -0.3 is 4.74 Å². The minimum absolute atomic E-state index is 0.390. The second kappa shape index (κ2) is 5.65. The summed E-state index contributed by atoms with van der Waals surface area (Å²) in [6.45, 7) is 4.76. The number of hydrogen-bond donors (Lipinski definition) is 0. The van der Waals surface area contributed by atoms with Crippen LogP contribution in [0.2, 0.25) is 0 Å². The van der Waals surface area contributed by atoms with Gasteiger partial charge in [0.2, 0.25) is 0 Å². The monoisotopic (exact) mass is 286 g/mol. The molecule has 0 spiro atoms. The normalized spacial score (nSPS) is 14.8. The zero-order valence-corrected chi connectivity index (χ0v) is 12.2. The van der Waals surface area contributed by atoms with E-state index in [2.05, 4.69) is 21.9 Å². The second-order valence-electron chi connectivity index (χ2n) is 4.98. The third-order valence-electron chi connectivity index (χ3n) is 3.83. The van der Waals surface area contributed by atoms with E-state index >= 15 is 0 Å². The molecule has 0 atom stereocenters. The third kappa shape index (κ3) is 2.42. The summed E-state index contributed by atoms with van der Waals surface area (Å²) in [7, 11) is 1.38. The molecule has 1 aliphatic rings. The molecule has 0 fully saturated rings. The molecule has 0 bridgehead atoms. The highest BCUT2D eigenvalue weighted by Gasteiger charge is 2.28. The van der Waals surface area contributed by atoms with Gasteiger partial charge in [0.15, 0.2) is 11.5 Å². The number of methoxy groups -OCH3 is 1. The molecule has 2 aromatic heterocycles. The van der Waals surface area contributed by atoms with Crippen molar-refractivity contribution in [2.45, 2.75) is 19.9 Å². The van der Waals surface area contributed by atoms with Crippen LogP contribution in [0.25, 0.3) is 5.82 Å². The van der Waals surface area contributed by atoms with Crippen molar-refractivity contribution in [3.8, 4) is 5.82 Å². The topological polar surface area (TPSA) is 60.3 Å². The summed E-state index contributed by atoms with van der Waals surface area (Å²) in [5.41, 5.74) is 2.41. The molecule has 6 heteroatoms. The number of rotatable bonds is 3. The Morgan fingerprint density at radius 2 is 2.29 bits per heavy atom. The summed E-state index contributed by atoms with van der Waals surface area (Å²) < 4.78 is 6.64. The molecule has 1 aliphatic heterocycles. The van der Waals surface area contributed by atoms with Gasteiger partial charge in [-0.3, -0.25) is 4.90 Å². The molecule has 0 aliphatic carbocycles. The van der Waals surface area contributed by atoms with E-state index in [-0.39, 0.29) is 5.97 Å². The molecule has 0 unspecified atom stereocenters. The number of pyridine rings is 1. The van der Waals surface area contributed by atoms with E-state index in [1.54, 1.807) is 10.9 Å². The summed E-state index contributed by atoms with van der Waals surface area (Å²) in [4.78, 5) is 18.6. The SMILES string of the molecule is CCN1CCc2c(c(C(=O)OC)nn2-c2ccccn2)C1. The summed E-state index contributed by atoms with van der Waals surface area (Å²) in [5.74, 6) is 0.340. The van der Waals surface area contributed by atoms with Gasteiger partial charge in [-0.2, -0.15) is 5.10 Å². The van der Waals surface area contributed by atoms with Crippen LogP contribution in [0.5, 0.6) is 0 Å². The highest BCUT2D eigenvalue weighted by molar-refractivity contribution is 5.89. The van der Waals surface area contributed by atoms with Gasteiger partial charge in [-0.15, -0.1) is 0 Å². The number of ether oxygens (including phenoxy) is 1. The maximum Gasteiger partial charge on any atom is 0.358 e. The van der Waals surface area contributed by atoms with Crippen LogP contribution in [0.1, 0.15) is 28.7 Å². The van der Waals surface area contributed by atoms with E-state index < -0.39 is 0 Å². The second-order valence-corrected chi connectivity index (χ2v) is 4.98. The van der Waals surface area contributed by atoms with Crippen LogP contribution in [-0.4, -0.2) is 45.8 Å². The molecule has 3 rings (SSSR count). The van der Waals surface area contributed by atoms with Crippen LogP contribution in [0.15, 0.2) is 24.4 Å². The Bertz CT molecular complexity index is 651. The van der Waals surface area contributed by atoms with Crippen molar-refractivity contribution >= 4 is 5.97 Å². The molecule has 6 nitrogen and oxygen atoms in total. The molecule has 0 N–H and O–H groups in total. The van der Waals surface area contributed by atoms with Gasteiger partial charge >= 0.3 is 5.97 Å². The van der Waals surface area contributed by atoms with Crippen molar-refractivity contribution < 1.29 is 9.53 Å².